The molecule has 0 aromatic carbocycles. The maximum absolute atomic E-state index is 4.53. The summed E-state index contributed by atoms with van der Waals surface area (Å²) in [7, 11) is 0. The van der Waals surface area contributed by atoms with Gasteiger partial charge in [0.2, 0.25) is 5.13 Å². The van der Waals surface area contributed by atoms with Gasteiger partial charge in [0.25, 0.3) is 0 Å². The van der Waals surface area contributed by atoms with E-state index in [0.717, 1.165) is 61.4 Å². The van der Waals surface area contributed by atoms with E-state index in [0.29, 0.717) is 5.92 Å². The summed E-state index contributed by atoms with van der Waals surface area (Å²) in [6.45, 7) is 9.73. The van der Waals surface area contributed by atoms with Crippen molar-refractivity contribution < 1.29 is 0 Å². The summed E-state index contributed by atoms with van der Waals surface area (Å²) >= 11 is 1.40. The molecule has 2 aromatic rings. The SMILES string of the molecule is CCCc1nsc(Nc2ncnc3c2CN(CC(C)C)CC3)n1. The van der Waals surface area contributed by atoms with Gasteiger partial charge in [-0.15, -0.1) is 0 Å². The molecule has 0 atom stereocenters. The first-order valence-corrected chi connectivity index (χ1v) is 9.07. The third kappa shape index (κ3) is 4.03. The summed E-state index contributed by atoms with van der Waals surface area (Å²) in [6, 6.07) is 0. The van der Waals surface area contributed by atoms with E-state index in [2.05, 4.69) is 50.3 Å². The topological polar surface area (TPSA) is 66.8 Å². The van der Waals surface area contributed by atoms with Crippen LogP contribution in [0.3, 0.4) is 0 Å². The Hall–Kier alpha value is -1.60. The number of aromatic nitrogens is 4. The van der Waals surface area contributed by atoms with Crippen LogP contribution < -0.4 is 5.32 Å². The Bertz CT molecular complexity index is 654. The molecule has 23 heavy (non-hydrogen) atoms. The van der Waals surface area contributed by atoms with E-state index in [-0.39, 0.29) is 0 Å². The minimum absolute atomic E-state index is 0.664. The highest BCUT2D eigenvalue weighted by atomic mass is 32.1. The molecular formula is C16H24N6S. The van der Waals surface area contributed by atoms with Crippen LogP contribution >= 0.6 is 11.5 Å². The molecule has 0 radical (unpaired) electrons. The van der Waals surface area contributed by atoms with Gasteiger partial charge < -0.3 is 5.32 Å². The van der Waals surface area contributed by atoms with Gasteiger partial charge in [0.05, 0.1) is 5.69 Å². The first-order valence-electron chi connectivity index (χ1n) is 8.30. The van der Waals surface area contributed by atoms with Crippen LogP contribution in [0.2, 0.25) is 0 Å². The average molecular weight is 332 g/mol. The van der Waals surface area contributed by atoms with Crippen LogP contribution in [0.1, 0.15) is 44.3 Å². The molecule has 0 bridgehead atoms. The van der Waals surface area contributed by atoms with Gasteiger partial charge in [0.1, 0.15) is 18.0 Å². The Morgan fingerprint density at radius 2 is 2.22 bits per heavy atom. The second-order valence-electron chi connectivity index (χ2n) is 6.42. The van der Waals surface area contributed by atoms with Crippen molar-refractivity contribution in [1.29, 1.82) is 0 Å². The molecule has 1 N–H and O–H groups in total. The summed E-state index contributed by atoms with van der Waals surface area (Å²) in [5, 5.41) is 4.17. The monoisotopic (exact) mass is 332 g/mol. The minimum atomic E-state index is 0.664. The molecule has 3 heterocycles. The van der Waals surface area contributed by atoms with Crippen molar-refractivity contribution in [3.8, 4) is 0 Å². The first-order chi connectivity index (χ1) is 11.2. The maximum Gasteiger partial charge on any atom is 0.208 e. The highest BCUT2D eigenvalue weighted by Crippen LogP contribution is 2.26. The quantitative estimate of drug-likeness (QED) is 0.877. The Kier molecular flexibility index (Phi) is 5.17. The van der Waals surface area contributed by atoms with Crippen molar-refractivity contribution in [2.75, 3.05) is 18.4 Å². The first kappa shape index (κ1) is 16.3. The number of fused-ring (bicyclic) bond motifs is 1. The van der Waals surface area contributed by atoms with Crippen LogP contribution in [0.25, 0.3) is 0 Å². The van der Waals surface area contributed by atoms with Crippen molar-refractivity contribution in [2.45, 2.75) is 46.6 Å². The number of nitrogens with one attached hydrogen (secondary N) is 1. The molecular weight excluding hydrogens is 308 g/mol. The Balaban J connectivity index is 1.78. The average Bonchev–Trinajstić information content (AvgIpc) is 2.95. The van der Waals surface area contributed by atoms with Crippen LogP contribution in [0.5, 0.6) is 0 Å². The number of rotatable bonds is 6. The van der Waals surface area contributed by atoms with Crippen LogP contribution in [-0.2, 0) is 19.4 Å². The number of aryl methyl sites for hydroxylation is 1. The zero-order valence-corrected chi connectivity index (χ0v) is 14.9. The molecule has 0 fully saturated rings. The molecule has 7 heteroatoms. The van der Waals surface area contributed by atoms with Crippen molar-refractivity contribution in [3.05, 3.63) is 23.4 Å². The van der Waals surface area contributed by atoms with Crippen LogP contribution in [0.15, 0.2) is 6.33 Å². The summed E-state index contributed by atoms with van der Waals surface area (Å²) in [6.07, 6.45) is 4.61. The van der Waals surface area contributed by atoms with Gasteiger partial charge in [0, 0.05) is 49.6 Å². The molecule has 0 saturated heterocycles. The summed E-state index contributed by atoms with van der Waals surface area (Å²) in [5.41, 5.74) is 2.35. The predicted molar refractivity (Wildman–Crippen MR) is 93.0 cm³/mol. The molecule has 0 saturated carbocycles. The van der Waals surface area contributed by atoms with Crippen LogP contribution in [-0.4, -0.2) is 37.3 Å². The highest BCUT2D eigenvalue weighted by Gasteiger charge is 2.22. The third-order valence-corrected chi connectivity index (χ3v) is 4.54. The van der Waals surface area contributed by atoms with Crippen molar-refractivity contribution in [3.63, 3.8) is 0 Å². The van der Waals surface area contributed by atoms with Gasteiger partial charge in [-0.05, 0) is 12.3 Å². The van der Waals surface area contributed by atoms with Gasteiger partial charge in [-0.3, -0.25) is 4.90 Å². The zero-order chi connectivity index (χ0) is 16.2. The van der Waals surface area contributed by atoms with E-state index in [1.807, 2.05) is 0 Å². The number of nitrogens with zero attached hydrogens (tertiary/aromatic N) is 5. The molecule has 1 aliphatic heterocycles. The van der Waals surface area contributed by atoms with Crippen molar-refractivity contribution >= 4 is 22.5 Å². The fraction of sp³-hybridized carbons (Fsp3) is 0.625. The van der Waals surface area contributed by atoms with E-state index in [1.54, 1.807) is 6.33 Å². The van der Waals surface area contributed by atoms with Crippen molar-refractivity contribution in [2.24, 2.45) is 5.92 Å². The standard InChI is InChI=1S/C16H24N6S/c1-4-5-14-19-16(23-21-14)20-15-12-9-22(8-11(2)3)7-6-13(12)17-10-18-15/h10-11H,4-9H2,1-3H3,(H,17,18,19,20,21). The number of anilines is 2. The van der Waals surface area contributed by atoms with Gasteiger partial charge in [-0.2, -0.15) is 4.37 Å². The van der Waals surface area contributed by atoms with E-state index >= 15 is 0 Å². The smallest absolute Gasteiger partial charge is 0.208 e. The Morgan fingerprint density at radius 1 is 1.35 bits per heavy atom. The number of hydrogen-bond donors (Lipinski definition) is 1. The largest absolute Gasteiger partial charge is 0.315 e. The van der Waals surface area contributed by atoms with Gasteiger partial charge in [-0.1, -0.05) is 20.8 Å². The lowest BCUT2D eigenvalue weighted by atomic mass is 10.0. The van der Waals surface area contributed by atoms with Gasteiger partial charge in [0.15, 0.2) is 0 Å². The molecule has 1 aliphatic rings. The lowest BCUT2D eigenvalue weighted by Gasteiger charge is -2.30. The van der Waals surface area contributed by atoms with E-state index in [9.17, 15) is 0 Å². The summed E-state index contributed by atoms with van der Waals surface area (Å²) in [5.74, 6) is 2.45. The van der Waals surface area contributed by atoms with Crippen molar-refractivity contribution in [1.82, 2.24) is 24.2 Å². The Morgan fingerprint density at radius 3 is 3.00 bits per heavy atom. The molecule has 6 nitrogen and oxygen atoms in total. The highest BCUT2D eigenvalue weighted by molar-refractivity contribution is 7.09. The molecule has 124 valence electrons. The maximum atomic E-state index is 4.53. The fourth-order valence-corrected chi connectivity index (χ4v) is 3.52. The summed E-state index contributed by atoms with van der Waals surface area (Å²) < 4.78 is 4.38. The zero-order valence-electron chi connectivity index (χ0n) is 14.0. The molecule has 2 aromatic heterocycles. The molecule has 3 rings (SSSR count). The normalized spacial score (nSPS) is 15.0. The predicted octanol–water partition coefficient (Wildman–Crippen LogP) is 3.04. The summed E-state index contributed by atoms with van der Waals surface area (Å²) in [4.78, 5) is 15.9. The molecule has 0 amide bonds. The Labute approximate surface area is 141 Å². The fourth-order valence-electron chi connectivity index (χ4n) is 2.91. The second kappa shape index (κ2) is 7.31. The molecule has 0 unspecified atom stereocenters. The lowest BCUT2D eigenvalue weighted by Crippen LogP contribution is -2.34. The van der Waals surface area contributed by atoms with E-state index in [4.69, 9.17) is 0 Å². The second-order valence-corrected chi connectivity index (χ2v) is 7.17. The van der Waals surface area contributed by atoms with E-state index in [1.165, 1.54) is 17.1 Å². The lowest BCUT2D eigenvalue weighted by molar-refractivity contribution is 0.225. The number of hydrogen-bond acceptors (Lipinski definition) is 7. The third-order valence-electron chi connectivity index (χ3n) is 3.87. The van der Waals surface area contributed by atoms with E-state index < -0.39 is 0 Å². The van der Waals surface area contributed by atoms with Gasteiger partial charge >= 0.3 is 0 Å². The van der Waals surface area contributed by atoms with Gasteiger partial charge in [-0.25, -0.2) is 15.0 Å². The molecule has 0 aliphatic carbocycles. The van der Waals surface area contributed by atoms with Crippen LogP contribution in [0, 0.1) is 5.92 Å². The molecule has 0 spiro atoms. The van der Waals surface area contributed by atoms with Crippen LogP contribution in [0.4, 0.5) is 10.9 Å². The minimum Gasteiger partial charge on any atom is -0.315 e.